The molecule has 0 spiro atoms. The van der Waals surface area contributed by atoms with E-state index in [1.54, 1.807) is 4.90 Å². The van der Waals surface area contributed by atoms with Crippen molar-refractivity contribution in [3.05, 3.63) is 65.5 Å². The molecule has 0 bridgehead atoms. The van der Waals surface area contributed by atoms with Gasteiger partial charge in [-0.1, -0.05) is 24.0 Å². The summed E-state index contributed by atoms with van der Waals surface area (Å²) in [5.74, 6) is 6.35. The van der Waals surface area contributed by atoms with E-state index < -0.39 is 6.03 Å². The molecule has 3 aliphatic rings. The summed E-state index contributed by atoms with van der Waals surface area (Å²) in [6.45, 7) is 0.184. The third kappa shape index (κ3) is 3.94. The number of urea groups is 1. The van der Waals surface area contributed by atoms with Crippen molar-refractivity contribution in [2.75, 3.05) is 25.0 Å². The van der Waals surface area contributed by atoms with Crippen molar-refractivity contribution in [1.29, 1.82) is 0 Å². The molecule has 2 N–H and O–H groups in total. The van der Waals surface area contributed by atoms with Gasteiger partial charge in [-0.05, 0) is 54.8 Å². The number of aliphatic hydroxyl groups is 1. The van der Waals surface area contributed by atoms with Gasteiger partial charge < -0.3 is 20.2 Å². The highest BCUT2D eigenvalue weighted by Crippen LogP contribution is 2.43. The normalized spacial score (nSPS) is 24.2. The fourth-order valence-corrected chi connectivity index (χ4v) is 4.59. The number of benzene rings is 2. The van der Waals surface area contributed by atoms with Crippen molar-refractivity contribution in [3.63, 3.8) is 0 Å². The standard InChI is InChI=1S/C25H24FN3O3/c26-19-9-11-20(12-10-19)27-25(32)28-13-21-24(22(15-30)29(21)23(31)14-28)18-7-5-17(6-8-18)4-3-16-1-2-16/h5-12,16,21-22,24,30H,1-2,13-15H2,(H,27,32)/t21-,22+,24-/m0/s1. The predicted molar refractivity (Wildman–Crippen MR) is 117 cm³/mol. The van der Waals surface area contributed by atoms with E-state index >= 15 is 0 Å². The van der Waals surface area contributed by atoms with Crippen LogP contribution in [0.4, 0.5) is 14.9 Å². The van der Waals surface area contributed by atoms with Gasteiger partial charge in [-0.2, -0.15) is 0 Å². The summed E-state index contributed by atoms with van der Waals surface area (Å²) in [6.07, 6.45) is 2.37. The first-order valence-corrected chi connectivity index (χ1v) is 10.9. The molecule has 1 saturated carbocycles. The van der Waals surface area contributed by atoms with Gasteiger partial charge in [0.2, 0.25) is 5.91 Å². The van der Waals surface area contributed by atoms with Crippen LogP contribution >= 0.6 is 0 Å². The van der Waals surface area contributed by atoms with E-state index in [-0.39, 0.29) is 42.9 Å². The van der Waals surface area contributed by atoms with E-state index in [0.29, 0.717) is 18.2 Å². The number of hydrogen-bond donors (Lipinski definition) is 2. The van der Waals surface area contributed by atoms with E-state index in [2.05, 4.69) is 17.2 Å². The largest absolute Gasteiger partial charge is 0.394 e. The maximum Gasteiger partial charge on any atom is 0.322 e. The number of nitrogens with one attached hydrogen (secondary N) is 1. The molecule has 1 aliphatic carbocycles. The van der Waals surface area contributed by atoms with Crippen LogP contribution in [-0.2, 0) is 4.79 Å². The van der Waals surface area contributed by atoms with Gasteiger partial charge in [-0.3, -0.25) is 4.79 Å². The van der Waals surface area contributed by atoms with Crippen molar-refractivity contribution in [2.45, 2.75) is 30.8 Å². The van der Waals surface area contributed by atoms with Crippen LogP contribution in [0.3, 0.4) is 0 Å². The number of anilines is 1. The van der Waals surface area contributed by atoms with Crippen molar-refractivity contribution >= 4 is 17.6 Å². The van der Waals surface area contributed by atoms with Crippen LogP contribution in [0.15, 0.2) is 48.5 Å². The lowest BCUT2D eigenvalue weighted by atomic mass is 9.73. The van der Waals surface area contributed by atoms with Gasteiger partial charge in [0.15, 0.2) is 0 Å². The fraction of sp³-hybridized carbons (Fsp3) is 0.360. The van der Waals surface area contributed by atoms with Crippen LogP contribution in [0, 0.1) is 23.6 Å². The van der Waals surface area contributed by atoms with Gasteiger partial charge >= 0.3 is 6.03 Å². The molecule has 2 aliphatic heterocycles. The van der Waals surface area contributed by atoms with Crippen LogP contribution in [0.2, 0.25) is 0 Å². The van der Waals surface area contributed by atoms with E-state index in [1.165, 1.54) is 42.0 Å². The minimum Gasteiger partial charge on any atom is -0.394 e. The minimum absolute atomic E-state index is 0.0531. The summed E-state index contributed by atoms with van der Waals surface area (Å²) < 4.78 is 13.1. The van der Waals surface area contributed by atoms with Gasteiger partial charge in [-0.25, -0.2) is 9.18 Å². The van der Waals surface area contributed by atoms with Crippen LogP contribution in [0.5, 0.6) is 0 Å². The molecule has 3 fully saturated rings. The first-order chi connectivity index (χ1) is 15.5. The molecule has 32 heavy (non-hydrogen) atoms. The zero-order valence-corrected chi connectivity index (χ0v) is 17.5. The Morgan fingerprint density at radius 2 is 1.84 bits per heavy atom. The Morgan fingerprint density at radius 1 is 1.12 bits per heavy atom. The lowest BCUT2D eigenvalue weighted by Crippen LogP contribution is -2.73. The molecule has 164 valence electrons. The Bertz CT molecular complexity index is 1090. The molecular formula is C25H24FN3O3. The Balaban J connectivity index is 1.30. The second kappa shape index (κ2) is 8.29. The third-order valence-electron chi connectivity index (χ3n) is 6.43. The summed E-state index contributed by atoms with van der Waals surface area (Å²) in [5, 5.41) is 12.7. The highest BCUT2D eigenvalue weighted by Gasteiger charge is 2.54. The average Bonchev–Trinajstić information content (AvgIpc) is 3.60. The lowest BCUT2D eigenvalue weighted by Gasteiger charge is -2.58. The van der Waals surface area contributed by atoms with Gasteiger partial charge in [0.25, 0.3) is 0 Å². The van der Waals surface area contributed by atoms with E-state index in [0.717, 1.165) is 11.1 Å². The number of hydrogen-bond acceptors (Lipinski definition) is 3. The van der Waals surface area contributed by atoms with E-state index in [4.69, 9.17) is 0 Å². The Morgan fingerprint density at radius 3 is 2.50 bits per heavy atom. The molecule has 2 aromatic rings. The van der Waals surface area contributed by atoms with E-state index in [9.17, 15) is 19.1 Å². The zero-order chi connectivity index (χ0) is 22.2. The third-order valence-corrected chi connectivity index (χ3v) is 6.43. The molecule has 3 atom stereocenters. The van der Waals surface area contributed by atoms with Crippen LogP contribution < -0.4 is 5.32 Å². The SMILES string of the molecule is O=C(Nc1ccc(F)cc1)N1CC(=O)N2[C@H](CO)[C@@H](c3ccc(C#CC4CC4)cc3)[C@@H]2C1. The van der Waals surface area contributed by atoms with Gasteiger partial charge in [-0.15, -0.1) is 0 Å². The number of halogens is 1. The molecule has 0 radical (unpaired) electrons. The highest BCUT2D eigenvalue weighted by molar-refractivity contribution is 5.93. The van der Waals surface area contributed by atoms with Crippen molar-refractivity contribution in [2.24, 2.45) is 5.92 Å². The average molecular weight is 433 g/mol. The molecule has 5 rings (SSSR count). The first-order valence-electron chi connectivity index (χ1n) is 10.9. The fourth-order valence-electron chi connectivity index (χ4n) is 4.59. The number of nitrogens with zero attached hydrogens (tertiary/aromatic N) is 2. The molecule has 2 heterocycles. The van der Waals surface area contributed by atoms with Gasteiger partial charge in [0.1, 0.15) is 12.4 Å². The second-order valence-corrected chi connectivity index (χ2v) is 8.63. The number of carbonyl (C=O) groups is 2. The van der Waals surface area contributed by atoms with Crippen molar-refractivity contribution in [1.82, 2.24) is 9.80 Å². The second-order valence-electron chi connectivity index (χ2n) is 8.63. The topological polar surface area (TPSA) is 72.9 Å². The van der Waals surface area contributed by atoms with Crippen molar-refractivity contribution in [3.8, 4) is 11.8 Å². The maximum absolute atomic E-state index is 13.1. The highest BCUT2D eigenvalue weighted by atomic mass is 19.1. The molecule has 3 amide bonds. The molecular weight excluding hydrogens is 409 g/mol. The maximum atomic E-state index is 13.1. The van der Waals surface area contributed by atoms with Crippen LogP contribution in [-0.4, -0.2) is 58.6 Å². The number of rotatable bonds is 3. The monoisotopic (exact) mass is 433 g/mol. The Kier molecular flexibility index (Phi) is 5.32. The summed E-state index contributed by atoms with van der Waals surface area (Å²) in [6, 6.07) is 12.6. The smallest absolute Gasteiger partial charge is 0.322 e. The molecule has 6 nitrogen and oxygen atoms in total. The molecule has 2 saturated heterocycles. The first kappa shape index (κ1) is 20.5. The Labute approximate surface area is 186 Å². The quantitative estimate of drug-likeness (QED) is 0.732. The van der Waals surface area contributed by atoms with Gasteiger partial charge in [0, 0.05) is 29.6 Å². The summed E-state index contributed by atoms with van der Waals surface area (Å²) in [7, 11) is 0. The summed E-state index contributed by atoms with van der Waals surface area (Å²) in [4.78, 5) is 28.7. The van der Waals surface area contributed by atoms with Gasteiger partial charge in [0.05, 0.1) is 18.7 Å². The predicted octanol–water partition coefficient (Wildman–Crippen LogP) is 2.79. The number of fused-ring (bicyclic) bond motifs is 1. The number of piperazine rings is 1. The summed E-state index contributed by atoms with van der Waals surface area (Å²) >= 11 is 0. The van der Waals surface area contributed by atoms with Crippen LogP contribution in [0.1, 0.15) is 29.9 Å². The lowest BCUT2D eigenvalue weighted by molar-refractivity contribution is -0.159. The summed E-state index contributed by atoms with van der Waals surface area (Å²) in [5.41, 5.74) is 2.45. The molecule has 7 heteroatoms. The van der Waals surface area contributed by atoms with E-state index in [1.807, 2.05) is 24.3 Å². The number of aliphatic hydroxyl groups excluding tert-OH is 1. The minimum atomic E-state index is -0.401. The zero-order valence-electron chi connectivity index (χ0n) is 17.5. The molecule has 2 aromatic carbocycles. The Hall–Kier alpha value is -3.37. The van der Waals surface area contributed by atoms with Crippen LogP contribution in [0.25, 0.3) is 0 Å². The van der Waals surface area contributed by atoms with Crippen molar-refractivity contribution < 1.29 is 19.1 Å². The number of carbonyl (C=O) groups excluding carboxylic acids is 2. The number of amides is 3. The molecule has 0 aromatic heterocycles. The molecule has 0 unspecified atom stereocenters.